The first-order valence-electron chi connectivity index (χ1n) is 8.71. The van der Waals surface area contributed by atoms with E-state index >= 15 is 0 Å². The highest BCUT2D eigenvalue weighted by molar-refractivity contribution is 5.85. The summed E-state index contributed by atoms with van der Waals surface area (Å²) < 4.78 is 5.43. The number of phenolic OH excluding ortho intramolecular Hbond substituents is 1. The lowest BCUT2D eigenvalue weighted by Crippen LogP contribution is -2.35. The molecule has 0 radical (unpaired) electrons. The number of fused-ring (bicyclic) bond motifs is 1. The number of ether oxygens (including phenoxy) is 1. The van der Waals surface area contributed by atoms with Crippen molar-refractivity contribution in [2.75, 3.05) is 26.2 Å². The highest BCUT2D eigenvalue weighted by atomic mass is 35.5. The quantitative estimate of drug-likeness (QED) is 0.741. The van der Waals surface area contributed by atoms with Gasteiger partial charge in [-0.25, -0.2) is 0 Å². The van der Waals surface area contributed by atoms with E-state index < -0.39 is 0 Å². The van der Waals surface area contributed by atoms with Gasteiger partial charge < -0.3 is 15.2 Å². The molecular formula is C20H27ClN2O2. The van der Waals surface area contributed by atoms with E-state index in [1.54, 1.807) is 6.07 Å². The lowest BCUT2D eigenvalue weighted by atomic mass is 10.00. The van der Waals surface area contributed by atoms with Crippen molar-refractivity contribution in [3.8, 4) is 11.5 Å². The zero-order valence-corrected chi connectivity index (χ0v) is 15.5. The second kappa shape index (κ2) is 9.66. The van der Waals surface area contributed by atoms with Crippen molar-refractivity contribution in [2.45, 2.75) is 26.4 Å². The Kier molecular flexibility index (Phi) is 7.56. The van der Waals surface area contributed by atoms with Crippen LogP contribution in [0.2, 0.25) is 0 Å². The second-order valence-electron chi connectivity index (χ2n) is 6.17. The van der Waals surface area contributed by atoms with Gasteiger partial charge in [-0.3, -0.25) is 4.90 Å². The summed E-state index contributed by atoms with van der Waals surface area (Å²) in [6.45, 7) is 7.19. The minimum Gasteiger partial charge on any atom is -0.504 e. The second-order valence-corrected chi connectivity index (χ2v) is 6.17. The zero-order valence-electron chi connectivity index (χ0n) is 14.7. The van der Waals surface area contributed by atoms with Crippen molar-refractivity contribution in [3.05, 3.63) is 59.2 Å². The number of hydrogen-bond donors (Lipinski definition) is 2. The average molecular weight is 363 g/mol. The van der Waals surface area contributed by atoms with Crippen LogP contribution in [0.4, 0.5) is 0 Å². The molecule has 0 bridgehead atoms. The van der Waals surface area contributed by atoms with Gasteiger partial charge in [0.1, 0.15) is 0 Å². The third kappa shape index (κ3) is 5.11. The van der Waals surface area contributed by atoms with Crippen molar-refractivity contribution in [2.24, 2.45) is 0 Å². The van der Waals surface area contributed by atoms with Gasteiger partial charge in [0.15, 0.2) is 11.5 Å². The molecule has 0 fully saturated rings. The molecule has 1 heterocycles. The predicted octanol–water partition coefficient (Wildman–Crippen LogP) is 3.36. The first kappa shape index (κ1) is 19.6. The Labute approximate surface area is 156 Å². The molecule has 2 aromatic carbocycles. The number of nitrogens with zero attached hydrogens (tertiary/aromatic N) is 1. The van der Waals surface area contributed by atoms with Crippen LogP contribution in [0.15, 0.2) is 42.5 Å². The van der Waals surface area contributed by atoms with E-state index in [1.165, 1.54) is 11.1 Å². The van der Waals surface area contributed by atoms with Gasteiger partial charge in [0, 0.05) is 38.3 Å². The molecular weight excluding hydrogens is 336 g/mol. The summed E-state index contributed by atoms with van der Waals surface area (Å²) in [7, 11) is 0. The van der Waals surface area contributed by atoms with E-state index in [0.717, 1.165) is 38.2 Å². The van der Waals surface area contributed by atoms with Crippen LogP contribution in [-0.4, -0.2) is 36.2 Å². The van der Waals surface area contributed by atoms with Gasteiger partial charge in [0.25, 0.3) is 0 Å². The minimum atomic E-state index is 0. The van der Waals surface area contributed by atoms with Crippen molar-refractivity contribution < 1.29 is 9.84 Å². The summed E-state index contributed by atoms with van der Waals surface area (Å²) >= 11 is 0. The third-order valence-corrected chi connectivity index (χ3v) is 4.51. The van der Waals surface area contributed by atoms with E-state index in [1.807, 2.05) is 19.1 Å². The summed E-state index contributed by atoms with van der Waals surface area (Å²) in [4.78, 5) is 2.48. The number of benzene rings is 2. The number of nitrogens with one attached hydrogen (secondary N) is 1. The van der Waals surface area contributed by atoms with Gasteiger partial charge in [0.05, 0.1) is 6.61 Å². The number of rotatable bonds is 7. The first-order chi connectivity index (χ1) is 11.8. The summed E-state index contributed by atoms with van der Waals surface area (Å²) in [6, 6.07) is 14.4. The fourth-order valence-corrected chi connectivity index (χ4v) is 3.19. The molecule has 25 heavy (non-hydrogen) atoms. The Morgan fingerprint density at radius 2 is 1.92 bits per heavy atom. The largest absolute Gasteiger partial charge is 0.504 e. The number of phenols is 1. The topological polar surface area (TPSA) is 44.7 Å². The molecule has 1 aliphatic heterocycles. The fraction of sp³-hybridized carbons (Fsp3) is 0.400. The Hall–Kier alpha value is -1.75. The smallest absolute Gasteiger partial charge is 0.162 e. The van der Waals surface area contributed by atoms with E-state index in [9.17, 15) is 5.11 Å². The lowest BCUT2D eigenvalue weighted by molar-refractivity contribution is 0.253. The highest BCUT2D eigenvalue weighted by Gasteiger charge is 2.15. The molecule has 0 spiro atoms. The van der Waals surface area contributed by atoms with Gasteiger partial charge in [-0.15, -0.1) is 12.4 Å². The average Bonchev–Trinajstić information content (AvgIpc) is 2.61. The SMILES string of the molecule is CCOc1cccc(CNCCN2CCc3ccccc3C2)c1O.Cl. The van der Waals surface area contributed by atoms with Crippen LogP contribution < -0.4 is 10.1 Å². The maximum atomic E-state index is 10.2. The Morgan fingerprint density at radius 1 is 1.12 bits per heavy atom. The van der Waals surface area contributed by atoms with Crippen molar-refractivity contribution in [1.82, 2.24) is 10.2 Å². The van der Waals surface area contributed by atoms with Crippen LogP contribution in [0.5, 0.6) is 11.5 Å². The van der Waals surface area contributed by atoms with E-state index in [2.05, 4.69) is 34.5 Å². The molecule has 0 aromatic heterocycles. The Bertz CT molecular complexity index is 678. The van der Waals surface area contributed by atoms with Crippen molar-refractivity contribution in [1.29, 1.82) is 0 Å². The first-order valence-corrected chi connectivity index (χ1v) is 8.71. The molecule has 0 amide bonds. The Morgan fingerprint density at radius 3 is 2.72 bits per heavy atom. The van der Waals surface area contributed by atoms with Crippen LogP contribution in [-0.2, 0) is 19.5 Å². The predicted molar refractivity (Wildman–Crippen MR) is 104 cm³/mol. The van der Waals surface area contributed by atoms with Crippen LogP contribution in [0.3, 0.4) is 0 Å². The molecule has 136 valence electrons. The summed E-state index contributed by atoms with van der Waals surface area (Å²) in [5.74, 6) is 0.809. The summed E-state index contributed by atoms with van der Waals surface area (Å²) in [5, 5.41) is 13.6. The fourth-order valence-electron chi connectivity index (χ4n) is 3.19. The molecule has 5 heteroatoms. The van der Waals surface area contributed by atoms with E-state index in [4.69, 9.17) is 4.74 Å². The van der Waals surface area contributed by atoms with Crippen molar-refractivity contribution in [3.63, 3.8) is 0 Å². The van der Waals surface area contributed by atoms with Gasteiger partial charge in [-0.05, 0) is 30.5 Å². The molecule has 0 aliphatic carbocycles. The van der Waals surface area contributed by atoms with Crippen LogP contribution in [0, 0.1) is 0 Å². The number of halogens is 1. The van der Waals surface area contributed by atoms with Gasteiger partial charge in [-0.2, -0.15) is 0 Å². The van der Waals surface area contributed by atoms with Gasteiger partial charge >= 0.3 is 0 Å². The molecule has 2 aromatic rings. The maximum Gasteiger partial charge on any atom is 0.162 e. The number of para-hydroxylation sites is 1. The lowest BCUT2D eigenvalue weighted by Gasteiger charge is -2.28. The summed E-state index contributed by atoms with van der Waals surface area (Å²) in [6.07, 6.45) is 1.13. The van der Waals surface area contributed by atoms with Gasteiger partial charge in [-0.1, -0.05) is 36.4 Å². The maximum absolute atomic E-state index is 10.2. The number of hydrogen-bond acceptors (Lipinski definition) is 4. The summed E-state index contributed by atoms with van der Waals surface area (Å²) in [5.41, 5.74) is 3.81. The normalized spacial score (nSPS) is 13.8. The third-order valence-electron chi connectivity index (χ3n) is 4.51. The molecule has 0 saturated heterocycles. The van der Waals surface area contributed by atoms with E-state index in [-0.39, 0.29) is 18.2 Å². The minimum absolute atomic E-state index is 0. The van der Waals surface area contributed by atoms with Crippen molar-refractivity contribution >= 4 is 12.4 Å². The van der Waals surface area contributed by atoms with Crippen LogP contribution in [0.25, 0.3) is 0 Å². The number of aromatic hydroxyl groups is 1. The van der Waals surface area contributed by atoms with Gasteiger partial charge in [0.2, 0.25) is 0 Å². The molecule has 0 unspecified atom stereocenters. The van der Waals surface area contributed by atoms with Crippen LogP contribution in [0.1, 0.15) is 23.6 Å². The molecule has 2 N–H and O–H groups in total. The monoisotopic (exact) mass is 362 g/mol. The molecule has 0 saturated carbocycles. The molecule has 0 atom stereocenters. The van der Waals surface area contributed by atoms with Crippen LogP contribution >= 0.6 is 12.4 Å². The Balaban J connectivity index is 0.00000225. The molecule has 4 nitrogen and oxygen atoms in total. The standard InChI is InChI=1S/C20H26N2O2.ClH/c1-2-24-19-9-5-8-17(20(19)23)14-21-11-13-22-12-10-16-6-3-4-7-18(16)15-22;/h3-9,21,23H,2,10-15H2,1H3;1H. The molecule has 3 rings (SSSR count). The zero-order chi connectivity index (χ0) is 16.8. The highest BCUT2D eigenvalue weighted by Crippen LogP contribution is 2.29. The molecule has 1 aliphatic rings. The van der Waals surface area contributed by atoms with E-state index in [0.29, 0.717) is 18.9 Å².